The molecule has 1 aliphatic heterocycles. The highest BCUT2D eigenvalue weighted by Gasteiger charge is 2.38. The lowest BCUT2D eigenvalue weighted by atomic mass is 9.69. The minimum Gasteiger partial charge on any atom is -0.380 e. The van der Waals surface area contributed by atoms with Crippen molar-refractivity contribution >= 4 is 0 Å². The molecule has 4 unspecified atom stereocenters. The van der Waals surface area contributed by atoms with Gasteiger partial charge in [-0.3, -0.25) is 0 Å². The quantitative estimate of drug-likeness (QED) is 0.815. The maximum Gasteiger partial charge on any atom is 0.0724 e. The molecule has 0 amide bonds. The molecule has 2 rings (SSSR count). The second kappa shape index (κ2) is 7.94. The average Bonchev–Trinajstić information content (AvgIpc) is 2.47. The summed E-state index contributed by atoms with van der Waals surface area (Å²) in [6, 6.07) is 0. The van der Waals surface area contributed by atoms with Crippen LogP contribution < -0.4 is 5.32 Å². The van der Waals surface area contributed by atoms with Gasteiger partial charge in [-0.2, -0.15) is 0 Å². The Balaban J connectivity index is 1.97. The van der Waals surface area contributed by atoms with E-state index < -0.39 is 0 Å². The largest absolute Gasteiger partial charge is 0.380 e. The maximum absolute atomic E-state index is 5.70. The van der Waals surface area contributed by atoms with Crippen LogP contribution in [0.1, 0.15) is 52.9 Å². The molecule has 0 bridgehead atoms. The van der Waals surface area contributed by atoms with Crippen molar-refractivity contribution < 1.29 is 4.74 Å². The molecule has 1 aliphatic carbocycles. The first kappa shape index (κ1) is 17.2. The van der Waals surface area contributed by atoms with E-state index in [0.717, 1.165) is 19.0 Å². The van der Waals surface area contributed by atoms with Gasteiger partial charge in [-0.1, -0.05) is 33.6 Å². The van der Waals surface area contributed by atoms with Crippen molar-refractivity contribution in [1.82, 2.24) is 10.2 Å². The first-order valence-corrected chi connectivity index (χ1v) is 9.04. The van der Waals surface area contributed by atoms with Gasteiger partial charge in [0.05, 0.1) is 6.10 Å². The van der Waals surface area contributed by atoms with E-state index >= 15 is 0 Å². The van der Waals surface area contributed by atoms with Crippen LogP contribution in [-0.4, -0.2) is 50.8 Å². The fraction of sp³-hybridized carbons (Fsp3) is 1.00. The molecule has 2 aliphatic rings. The molecule has 0 radical (unpaired) electrons. The number of ether oxygens (including phenoxy) is 1. The van der Waals surface area contributed by atoms with Gasteiger partial charge in [-0.15, -0.1) is 0 Å². The van der Waals surface area contributed by atoms with Crippen LogP contribution in [0.3, 0.4) is 0 Å². The van der Waals surface area contributed by atoms with E-state index in [-0.39, 0.29) is 0 Å². The third-order valence-electron chi connectivity index (χ3n) is 5.77. The lowest BCUT2D eigenvalue weighted by Gasteiger charge is -2.46. The van der Waals surface area contributed by atoms with Gasteiger partial charge in [0.1, 0.15) is 0 Å². The third-order valence-corrected chi connectivity index (χ3v) is 5.77. The molecule has 3 heteroatoms. The van der Waals surface area contributed by atoms with Crippen molar-refractivity contribution in [2.75, 3.05) is 39.8 Å². The molecule has 4 atom stereocenters. The van der Waals surface area contributed by atoms with E-state index in [9.17, 15) is 0 Å². The van der Waals surface area contributed by atoms with E-state index in [1.165, 1.54) is 51.7 Å². The summed E-state index contributed by atoms with van der Waals surface area (Å²) < 4.78 is 5.70. The van der Waals surface area contributed by atoms with Crippen molar-refractivity contribution in [3.05, 3.63) is 0 Å². The zero-order valence-corrected chi connectivity index (χ0v) is 14.7. The van der Waals surface area contributed by atoms with Crippen molar-refractivity contribution in [3.63, 3.8) is 0 Å². The Morgan fingerprint density at radius 1 is 1.29 bits per heavy atom. The molecule has 1 saturated heterocycles. The van der Waals surface area contributed by atoms with Crippen LogP contribution >= 0.6 is 0 Å². The normalized spacial score (nSPS) is 38.6. The SMILES string of the molecule is CCNCC1(CN2CCC(C)C(OC)C2)CCCC(C)C1. The Bertz CT molecular complexity index is 310. The maximum atomic E-state index is 5.70. The van der Waals surface area contributed by atoms with Crippen molar-refractivity contribution in [2.45, 2.75) is 59.0 Å². The summed E-state index contributed by atoms with van der Waals surface area (Å²) in [4.78, 5) is 2.68. The molecule has 1 N–H and O–H groups in total. The highest BCUT2D eigenvalue weighted by atomic mass is 16.5. The first-order valence-electron chi connectivity index (χ1n) is 9.04. The molecule has 1 saturated carbocycles. The third kappa shape index (κ3) is 4.67. The number of likely N-dealkylation sites (tertiary alicyclic amines) is 1. The van der Waals surface area contributed by atoms with E-state index in [1.807, 2.05) is 7.11 Å². The van der Waals surface area contributed by atoms with Gasteiger partial charge in [-0.25, -0.2) is 0 Å². The Labute approximate surface area is 131 Å². The van der Waals surface area contributed by atoms with Crippen LogP contribution in [0.25, 0.3) is 0 Å². The molecule has 124 valence electrons. The molecular formula is C18H36N2O. The lowest BCUT2D eigenvalue weighted by Crippen LogP contribution is -2.51. The number of hydrogen-bond acceptors (Lipinski definition) is 3. The highest BCUT2D eigenvalue weighted by Crippen LogP contribution is 2.40. The summed E-state index contributed by atoms with van der Waals surface area (Å²) in [5.41, 5.74) is 0.493. The number of nitrogens with zero attached hydrogens (tertiary/aromatic N) is 1. The van der Waals surface area contributed by atoms with Gasteiger partial charge in [0.15, 0.2) is 0 Å². The fourth-order valence-electron chi connectivity index (χ4n) is 4.54. The van der Waals surface area contributed by atoms with E-state index in [2.05, 4.69) is 31.0 Å². The summed E-state index contributed by atoms with van der Waals surface area (Å²) in [6.07, 6.45) is 7.33. The summed E-state index contributed by atoms with van der Waals surface area (Å²) in [5.74, 6) is 1.60. The van der Waals surface area contributed by atoms with Crippen LogP contribution in [-0.2, 0) is 4.74 Å². The van der Waals surface area contributed by atoms with Gasteiger partial charge in [-0.05, 0) is 49.6 Å². The number of methoxy groups -OCH3 is 1. The van der Waals surface area contributed by atoms with Crippen LogP contribution in [0.2, 0.25) is 0 Å². The Kier molecular flexibility index (Phi) is 6.51. The number of rotatable bonds is 6. The van der Waals surface area contributed by atoms with Gasteiger partial charge in [0, 0.05) is 26.7 Å². The molecule has 21 heavy (non-hydrogen) atoms. The zero-order valence-electron chi connectivity index (χ0n) is 14.7. The standard InChI is InChI=1S/C18H36N2O/c1-5-19-13-18(9-6-7-15(2)11-18)14-20-10-8-16(3)17(12-20)21-4/h15-17,19H,5-14H2,1-4H3. The molecule has 0 spiro atoms. The molecule has 0 aromatic heterocycles. The highest BCUT2D eigenvalue weighted by molar-refractivity contribution is 4.91. The molecule has 0 aromatic rings. The molecule has 3 nitrogen and oxygen atoms in total. The molecular weight excluding hydrogens is 260 g/mol. The predicted octanol–water partition coefficient (Wildman–Crippen LogP) is 3.15. The Morgan fingerprint density at radius 3 is 2.76 bits per heavy atom. The van der Waals surface area contributed by atoms with Gasteiger partial charge in [0.25, 0.3) is 0 Å². The van der Waals surface area contributed by atoms with Crippen LogP contribution in [0, 0.1) is 17.3 Å². The van der Waals surface area contributed by atoms with Crippen LogP contribution in [0.15, 0.2) is 0 Å². The van der Waals surface area contributed by atoms with E-state index in [0.29, 0.717) is 17.4 Å². The molecule has 1 heterocycles. The van der Waals surface area contributed by atoms with E-state index in [1.54, 1.807) is 0 Å². The summed E-state index contributed by atoms with van der Waals surface area (Å²) in [5, 5.41) is 3.65. The van der Waals surface area contributed by atoms with Gasteiger partial charge < -0.3 is 15.0 Å². The van der Waals surface area contributed by atoms with Crippen molar-refractivity contribution in [1.29, 1.82) is 0 Å². The van der Waals surface area contributed by atoms with Crippen LogP contribution in [0.4, 0.5) is 0 Å². The smallest absolute Gasteiger partial charge is 0.0724 e. The second-order valence-electron chi connectivity index (χ2n) is 7.76. The predicted molar refractivity (Wildman–Crippen MR) is 89.6 cm³/mol. The first-order chi connectivity index (χ1) is 10.1. The summed E-state index contributed by atoms with van der Waals surface area (Å²) >= 11 is 0. The van der Waals surface area contributed by atoms with Gasteiger partial charge >= 0.3 is 0 Å². The molecule has 0 aromatic carbocycles. The summed E-state index contributed by atoms with van der Waals surface area (Å²) in [6.45, 7) is 12.9. The van der Waals surface area contributed by atoms with Crippen molar-refractivity contribution in [2.24, 2.45) is 17.3 Å². The second-order valence-corrected chi connectivity index (χ2v) is 7.76. The lowest BCUT2D eigenvalue weighted by molar-refractivity contribution is -0.0255. The Hall–Kier alpha value is -0.120. The fourth-order valence-corrected chi connectivity index (χ4v) is 4.54. The zero-order chi connectivity index (χ0) is 15.3. The van der Waals surface area contributed by atoms with E-state index in [4.69, 9.17) is 4.74 Å². The minimum absolute atomic E-state index is 0.427. The topological polar surface area (TPSA) is 24.5 Å². The number of hydrogen-bond donors (Lipinski definition) is 1. The van der Waals surface area contributed by atoms with Crippen LogP contribution in [0.5, 0.6) is 0 Å². The summed E-state index contributed by atoms with van der Waals surface area (Å²) in [7, 11) is 1.88. The Morgan fingerprint density at radius 2 is 2.10 bits per heavy atom. The number of piperidine rings is 1. The number of nitrogens with one attached hydrogen (secondary N) is 1. The monoisotopic (exact) mass is 296 g/mol. The minimum atomic E-state index is 0.427. The van der Waals surface area contributed by atoms with Crippen molar-refractivity contribution in [3.8, 4) is 0 Å². The van der Waals surface area contributed by atoms with Gasteiger partial charge in [0.2, 0.25) is 0 Å². The average molecular weight is 296 g/mol. The molecule has 2 fully saturated rings.